The van der Waals surface area contributed by atoms with E-state index in [2.05, 4.69) is 20.6 Å². The fourth-order valence-electron chi connectivity index (χ4n) is 2.19. The molecule has 0 spiro atoms. The van der Waals surface area contributed by atoms with Crippen molar-refractivity contribution in [2.24, 2.45) is 9.98 Å². The molecule has 0 radical (unpaired) electrons. The van der Waals surface area contributed by atoms with Gasteiger partial charge in [-0.1, -0.05) is 23.2 Å². The minimum absolute atomic E-state index is 0.0860. The summed E-state index contributed by atoms with van der Waals surface area (Å²) in [6, 6.07) is 5.33. The highest BCUT2D eigenvalue weighted by molar-refractivity contribution is 6.42. The summed E-state index contributed by atoms with van der Waals surface area (Å²) in [6.07, 6.45) is 0. The Morgan fingerprint density at radius 3 is 2.52 bits per heavy atom. The first-order chi connectivity index (χ1) is 11.5. The minimum Gasteiger partial charge on any atom is -0.331 e. The number of rotatable bonds is 2. The van der Waals surface area contributed by atoms with Gasteiger partial charge in [0.1, 0.15) is 6.54 Å². The summed E-state index contributed by atoms with van der Waals surface area (Å²) in [6.45, 7) is 10.2. The van der Waals surface area contributed by atoms with Crippen LogP contribution in [0, 0.1) is 0 Å². The standard InChI is InChI=1S/C17H23Cl2N5O/c1-10(2)24-9-14(25)21-16(24)22-15(23-17(3,4)5)20-11-6-7-12(18)13(19)8-11/h6-8,10H,9H2,1-5H3,(H2,20,21,22,23,25). The van der Waals surface area contributed by atoms with Gasteiger partial charge in [-0.2, -0.15) is 4.99 Å². The van der Waals surface area contributed by atoms with Crippen molar-refractivity contribution in [2.75, 3.05) is 11.9 Å². The lowest BCUT2D eigenvalue weighted by Crippen LogP contribution is -2.37. The number of guanidine groups is 2. The minimum atomic E-state index is -0.353. The lowest BCUT2D eigenvalue weighted by atomic mass is 10.1. The third kappa shape index (κ3) is 5.61. The predicted molar refractivity (Wildman–Crippen MR) is 105 cm³/mol. The van der Waals surface area contributed by atoms with E-state index in [4.69, 9.17) is 23.2 Å². The Labute approximate surface area is 158 Å². The molecule has 25 heavy (non-hydrogen) atoms. The highest BCUT2D eigenvalue weighted by Gasteiger charge is 2.27. The molecular formula is C17H23Cl2N5O. The van der Waals surface area contributed by atoms with Gasteiger partial charge in [0.15, 0.2) is 0 Å². The number of halogens is 2. The molecule has 1 aliphatic rings. The van der Waals surface area contributed by atoms with Crippen molar-refractivity contribution < 1.29 is 4.79 Å². The first-order valence-electron chi connectivity index (χ1n) is 8.02. The number of nitrogens with one attached hydrogen (secondary N) is 2. The fourth-order valence-corrected chi connectivity index (χ4v) is 2.48. The normalized spacial score (nSPS) is 17.4. The molecule has 1 aromatic carbocycles. The lowest BCUT2D eigenvalue weighted by Gasteiger charge is -2.22. The molecule has 0 saturated carbocycles. The molecule has 6 nitrogen and oxygen atoms in total. The van der Waals surface area contributed by atoms with Crippen molar-refractivity contribution in [3.8, 4) is 0 Å². The molecule has 0 unspecified atom stereocenters. The van der Waals surface area contributed by atoms with Gasteiger partial charge in [0.05, 0.1) is 15.6 Å². The molecule has 0 bridgehead atoms. The number of amides is 1. The van der Waals surface area contributed by atoms with E-state index < -0.39 is 0 Å². The van der Waals surface area contributed by atoms with Crippen molar-refractivity contribution in [1.29, 1.82) is 0 Å². The zero-order valence-electron chi connectivity index (χ0n) is 15.0. The third-order valence-corrected chi connectivity index (χ3v) is 4.03. The Morgan fingerprint density at radius 2 is 1.96 bits per heavy atom. The monoisotopic (exact) mass is 383 g/mol. The molecule has 1 fully saturated rings. The molecule has 8 heteroatoms. The van der Waals surface area contributed by atoms with Crippen molar-refractivity contribution in [3.63, 3.8) is 0 Å². The first-order valence-corrected chi connectivity index (χ1v) is 8.78. The number of aliphatic imine (C=N–C) groups is 2. The van der Waals surface area contributed by atoms with Crippen LogP contribution in [-0.2, 0) is 4.79 Å². The van der Waals surface area contributed by atoms with E-state index in [1.54, 1.807) is 18.2 Å². The van der Waals surface area contributed by atoms with Crippen LogP contribution in [0.5, 0.6) is 0 Å². The molecule has 1 aliphatic heterocycles. The SMILES string of the molecule is CC(C)N1CC(=O)N/C1=N/C(=NC(C)(C)C)Nc1ccc(Cl)c(Cl)c1. The average molecular weight is 384 g/mol. The largest absolute Gasteiger partial charge is 0.331 e. The quantitative estimate of drug-likeness (QED) is 0.603. The van der Waals surface area contributed by atoms with E-state index in [1.165, 1.54) is 0 Å². The summed E-state index contributed by atoms with van der Waals surface area (Å²) in [5.74, 6) is 0.779. The number of hydrogen-bond acceptors (Lipinski definition) is 2. The van der Waals surface area contributed by atoms with E-state index in [0.717, 1.165) is 0 Å². The summed E-state index contributed by atoms with van der Waals surface area (Å²) >= 11 is 12.0. The van der Waals surface area contributed by atoms with Crippen molar-refractivity contribution in [3.05, 3.63) is 28.2 Å². The molecule has 1 amide bonds. The Hall–Kier alpha value is -1.79. The van der Waals surface area contributed by atoms with Crippen LogP contribution >= 0.6 is 23.2 Å². The second-order valence-corrected chi connectivity index (χ2v) is 7.88. The van der Waals surface area contributed by atoms with Gasteiger partial charge in [-0.15, -0.1) is 0 Å². The predicted octanol–water partition coefficient (Wildman–Crippen LogP) is 3.76. The summed E-state index contributed by atoms with van der Waals surface area (Å²) in [4.78, 5) is 22.8. The van der Waals surface area contributed by atoms with Crippen LogP contribution in [0.2, 0.25) is 10.0 Å². The number of benzene rings is 1. The summed E-state index contributed by atoms with van der Waals surface area (Å²) in [5.41, 5.74) is 0.357. The van der Waals surface area contributed by atoms with Crippen LogP contribution in [0.15, 0.2) is 28.2 Å². The van der Waals surface area contributed by atoms with Crippen LogP contribution in [-0.4, -0.2) is 40.9 Å². The first kappa shape index (κ1) is 19.5. The third-order valence-electron chi connectivity index (χ3n) is 3.29. The molecule has 0 aliphatic carbocycles. The maximum Gasteiger partial charge on any atom is 0.246 e. The summed E-state index contributed by atoms with van der Waals surface area (Å²) in [5, 5.41) is 6.83. The van der Waals surface area contributed by atoms with Gasteiger partial charge in [-0.3, -0.25) is 10.1 Å². The molecular weight excluding hydrogens is 361 g/mol. The van der Waals surface area contributed by atoms with Crippen molar-refractivity contribution in [1.82, 2.24) is 10.2 Å². The van der Waals surface area contributed by atoms with E-state index >= 15 is 0 Å². The molecule has 1 heterocycles. The van der Waals surface area contributed by atoms with Crippen molar-refractivity contribution >= 4 is 46.7 Å². The molecule has 2 rings (SSSR count). The molecule has 0 atom stereocenters. The van der Waals surface area contributed by atoms with Gasteiger partial charge in [0.2, 0.25) is 17.8 Å². The Bertz CT molecular complexity index is 722. The van der Waals surface area contributed by atoms with Gasteiger partial charge in [0, 0.05) is 11.7 Å². The van der Waals surface area contributed by atoms with Crippen LogP contribution in [0.1, 0.15) is 34.6 Å². The Morgan fingerprint density at radius 1 is 1.28 bits per heavy atom. The molecule has 136 valence electrons. The van der Waals surface area contributed by atoms with Crippen LogP contribution < -0.4 is 10.6 Å². The Balaban J connectivity index is 2.36. The van der Waals surface area contributed by atoms with Gasteiger partial charge in [-0.25, -0.2) is 4.99 Å². The highest BCUT2D eigenvalue weighted by atomic mass is 35.5. The van der Waals surface area contributed by atoms with Crippen LogP contribution in [0.4, 0.5) is 5.69 Å². The topological polar surface area (TPSA) is 69.1 Å². The second kappa shape index (κ2) is 7.62. The van der Waals surface area contributed by atoms with Gasteiger partial charge in [-0.05, 0) is 52.8 Å². The smallest absolute Gasteiger partial charge is 0.246 e. The second-order valence-electron chi connectivity index (χ2n) is 7.07. The van der Waals surface area contributed by atoms with Crippen LogP contribution in [0.25, 0.3) is 0 Å². The molecule has 0 aromatic heterocycles. The lowest BCUT2D eigenvalue weighted by molar-refractivity contribution is -0.118. The van der Waals surface area contributed by atoms with E-state index in [1.807, 2.05) is 39.5 Å². The maximum atomic E-state index is 11.7. The van der Waals surface area contributed by atoms with Gasteiger partial charge >= 0.3 is 0 Å². The summed E-state index contributed by atoms with van der Waals surface area (Å²) in [7, 11) is 0. The van der Waals surface area contributed by atoms with Crippen molar-refractivity contribution in [2.45, 2.75) is 46.2 Å². The number of carbonyl (C=O) groups excluding carboxylic acids is 1. The Kier molecular flexibility index (Phi) is 5.95. The summed E-state index contributed by atoms with van der Waals surface area (Å²) < 4.78 is 0. The number of nitrogens with zero attached hydrogens (tertiary/aromatic N) is 3. The number of carbonyl (C=O) groups is 1. The molecule has 1 aromatic rings. The maximum absolute atomic E-state index is 11.7. The van der Waals surface area contributed by atoms with E-state index in [0.29, 0.717) is 27.7 Å². The van der Waals surface area contributed by atoms with Gasteiger partial charge in [0.25, 0.3) is 0 Å². The number of anilines is 1. The van der Waals surface area contributed by atoms with E-state index in [9.17, 15) is 4.79 Å². The number of hydrogen-bond donors (Lipinski definition) is 2. The molecule has 2 N–H and O–H groups in total. The fraction of sp³-hybridized carbons (Fsp3) is 0.471. The zero-order valence-corrected chi connectivity index (χ0v) is 16.5. The van der Waals surface area contributed by atoms with Crippen LogP contribution in [0.3, 0.4) is 0 Å². The van der Waals surface area contributed by atoms with Gasteiger partial charge < -0.3 is 10.2 Å². The van der Waals surface area contributed by atoms with E-state index in [-0.39, 0.29) is 24.0 Å². The highest BCUT2D eigenvalue weighted by Crippen LogP contribution is 2.25. The zero-order chi connectivity index (χ0) is 18.8. The average Bonchev–Trinajstić information content (AvgIpc) is 2.82. The molecule has 1 saturated heterocycles.